The van der Waals surface area contributed by atoms with E-state index in [4.69, 9.17) is 15.6 Å². The van der Waals surface area contributed by atoms with Crippen LogP contribution < -0.4 is 11.1 Å². The van der Waals surface area contributed by atoms with Gasteiger partial charge in [0.2, 0.25) is 15.7 Å². The molecule has 2 amide bonds. The van der Waals surface area contributed by atoms with Gasteiger partial charge in [-0.25, -0.2) is 18.0 Å². The van der Waals surface area contributed by atoms with Gasteiger partial charge in [0.05, 0.1) is 16.2 Å². The van der Waals surface area contributed by atoms with Gasteiger partial charge in [-0.15, -0.1) is 0 Å². The Morgan fingerprint density at radius 3 is 2.50 bits per heavy atom. The summed E-state index contributed by atoms with van der Waals surface area (Å²) >= 11 is 0. The summed E-state index contributed by atoms with van der Waals surface area (Å²) in [6.07, 6.45) is -0.414. The van der Waals surface area contributed by atoms with Gasteiger partial charge in [0.15, 0.2) is 0 Å². The highest BCUT2D eigenvalue weighted by Gasteiger charge is 2.30. The average molecular weight is 354 g/mol. The lowest BCUT2D eigenvalue weighted by Crippen LogP contribution is -2.43. The van der Waals surface area contributed by atoms with E-state index >= 15 is 0 Å². The molecular weight excluding hydrogens is 340 g/mol. The fraction of sp³-hybridized carbons (Fsp3) is 0.214. The number of aliphatic carboxylic acids is 1. The van der Waals surface area contributed by atoms with Crippen LogP contribution in [0, 0.1) is 0 Å². The number of carbonyl (C=O) groups is 3. The number of carboxylic acid groups (broad SMARTS) is 1. The molecule has 1 aliphatic heterocycles. The Balaban J connectivity index is 2.00. The zero-order chi connectivity index (χ0) is 17.9. The van der Waals surface area contributed by atoms with Gasteiger partial charge < -0.3 is 20.9 Å². The lowest BCUT2D eigenvalue weighted by atomic mass is 10.2. The number of hydrogen-bond acceptors (Lipinski definition) is 6. The zero-order valence-corrected chi connectivity index (χ0v) is 13.1. The van der Waals surface area contributed by atoms with Crippen LogP contribution in [0.3, 0.4) is 0 Å². The third-order valence-corrected chi connectivity index (χ3v) is 5.09. The number of sulfone groups is 1. The van der Waals surface area contributed by atoms with Gasteiger partial charge >= 0.3 is 12.1 Å². The first kappa shape index (κ1) is 17.5. The van der Waals surface area contributed by atoms with Crippen LogP contribution in [0.2, 0.25) is 0 Å². The second-order valence-electron chi connectivity index (χ2n) is 4.93. The lowest BCUT2D eigenvalue weighted by Gasteiger charge is -2.13. The molecule has 128 valence electrons. The predicted octanol–water partition coefficient (Wildman–Crippen LogP) is -0.130. The van der Waals surface area contributed by atoms with Crippen LogP contribution in [0.1, 0.15) is 12.0 Å². The molecule has 0 saturated heterocycles. The SMILES string of the molecule is NC(=O)C[C@H](NC(=O)OCC1=Cc2ccccc2S1(=O)=O)C(=O)O. The van der Waals surface area contributed by atoms with Crippen molar-refractivity contribution < 1.29 is 32.6 Å². The number of carboxylic acids is 1. The van der Waals surface area contributed by atoms with Crippen molar-refractivity contribution in [1.82, 2.24) is 5.32 Å². The number of nitrogens with two attached hydrogens (primary N) is 1. The molecule has 9 nitrogen and oxygen atoms in total. The fourth-order valence-electron chi connectivity index (χ4n) is 2.08. The van der Waals surface area contributed by atoms with E-state index in [9.17, 15) is 22.8 Å². The topological polar surface area (TPSA) is 153 Å². The molecule has 1 atom stereocenters. The summed E-state index contributed by atoms with van der Waals surface area (Å²) in [6, 6.07) is 4.72. The van der Waals surface area contributed by atoms with Crippen molar-refractivity contribution in [3.63, 3.8) is 0 Å². The van der Waals surface area contributed by atoms with Gasteiger partial charge in [-0.1, -0.05) is 18.2 Å². The van der Waals surface area contributed by atoms with Crippen molar-refractivity contribution in [2.24, 2.45) is 5.73 Å². The highest BCUT2D eigenvalue weighted by molar-refractivity contribution is 7.95. The van der Waals surface area contributed by atoms with Gasteiger partial charge in [0.25, 0.3) is 0 Å². The van der Waals surface area contributed by atoms with E-state index in [0.29, 0.717) is 5.56 Å². The first-order valence-electron chi connectivity index (χ1n) is 6.71. The van der Waals surface area contributed by atoms with E-state index in [2.05, 4.69) is 0 Å². The van der Waals surface area contributed by atoms with Crippen LogP contribution in [-0.4, -0.2) is 44.1 Å². The lowest BCUT2D eigenvalue weighted by molar-refractivity contribution is -0.141. The van der Waals surface area contributed by atoms with E-state index in [1.807, 2.05) is 5.32 Å². The summed E-state index contributed by atoms with van der Waals surface area (Å²) in [5.41, 5.74) is 5.36. The molecule has 4 N–H and O–H groups in total. The Hall–Kier alpha value is -2.88. The Labute approximate surface area is 137 Å². The number of fused-ring (bicyclic) bond motifs is 1. The molecule has 1 aliphatic rings. The van der Waals surface area contributed by atoms with E-state index in [-0.39, 0.29) is 9.80 Å². The maximum absolute atomic E-state index is 12.2. The fourth-order valence-corrected chi connectivity index (χ4v) is 3.55. The number of hydrogen-bond donors (Lipinski definition) is 3. The number of amides is 2. The van der Waals surface area contributed by atoms with Crippen LogP contribution >= 0.6 is 0 Å². The molecule has 1 heterocycles. The van der Waals surface area contributed by atoms with Gasteiger partial charge in [-0.05, 0) is 17.7 Å². The van der Waals surface area contributed by atoms with Crippen LogP contribution in [-0.2, 0) is 24.2 Å². The van der Waals surface area contributed by atoms with Gasteiger partial charge in [-0.2, -0.15) is 0 Å². The molecule has 2 rings (SSSR count). The Kier molecular flexibility index (Phi) is 4.88. The number of alkyl carbamates (subject to hydrolysis) is 1. The molecular formula is C14H14N2O7S. The molecule has 1 aromatic carbocycles. The quantitative estimate of drug-likeness (QED) is 0.643. The highest BCUT2D eigenvalue weighted by atomic mass is 32.2. The molecule has 0 spiro atoms. The Morgan fingerprint density at radius 1 is 1.25 bits per heavy atom. The van der Waals surface area contributed by atoms with E-state index in [0.717, 1.165) is 0 Å². The Morgan fingerprint density at radius 2 is 1.92 bits per heavy atom. The summed E-state index contributed by atoms with van der Waals surface area (Å²) in [5.74, 6) is -2.38. The van der Waals surface area contributed by atoms with Gasteiger partial charge in [-0.3, -0.25) is 4.79 Å². The molecule has 0 bridgehead atoms. The van der Waals surface area contributed by atoms with Crippen molar-refractivity contribution in [2.45, 2.75) is 17.4 Å². The van der Waals surface area contributed by atoms with Crippen LogP contribution in [0.4, 0.5) is 4.79 Å². The standard InChI is InChI=1S/C14H14N2O7S/c15-12(17)6-10(13(18)19)16-14(20)23-7-9-5-8-3-1-2-4-11(8)24(9,21)22/h1-5,10H,6-7H2,(H2,15,17)(H,16,20)(H,18,19)/t10-/m0/s1. The highest BCUT2D eigenvalue weighted by Crippen LogP contribution is 2.32. The molecule has 0 fully saturated rings. The number of nitrogens with one attached hydrogen (secondary N) is 1. The number of carbonyl (C=O) groups excluding carboxylic acids is 2. The van der Waals surface area contributed by atoms with Gasteiger partial charge in [0.1, 0.15) is 12.6 Å². The smallest absolute Gasteiger partial charge is 0.408 e. The Bertz CT molecular complexity index is 829. The van der Waals surface area contributed by atoms with E-state index < -0.39 is 46.9 Å². The first-order valence-corrected chi connectivity index (χ1v) is 8.19. The van der Waals surface area contributed by atoms with E-state index in [1.54, 1.807) is 18.2 Å². The molecule has 0 radical (unpaired) electrons. The minimum absolute atomic E-state index is 0.112. The summed E-state index contributed by atoms with van der Waals surface area (Å²) in [6.45, 7) is -0.564. The summed E-state index contributed by atoms with van der Waals surface area (Å²) < 4.78 is 29.2. The van der Waals surface area contributed by atoms with Crippen molar-refractivity contribution in [2.75, 3.05) is 6.61 Å². The average Bonchev–Trinajstić information content (AvgIpc) is 2.75. The second-order valence-corrected chi connectivity index (χ2v) is 6.90. The van der Waals surface area contributed by atoms with Crippen molar-refractivity contribution >= 4 is 33.9 Å². The van der Waals surface area contributed by atoms with Crippen LogP contribution in [0.15, 0.2) is 34.1 Å². The molecule has 10 heteroatoms. The number of ether oxygens (including phenoxy) is 1. The summed E-state index contributed by atoms with van der Waals surface area (Å²) in [4.78, 5) is 33.2. The third kappa shape index (κ3) is 3.71. The largest absolute Gasteiger partial charge is 0.480 e. The summed E-state index contributed by atoms with van der Waals surface area (Å²) in [5, 5.41) is 10.8. The second kappa shape index (κ2) is 6.71. The first-order chi connectivity index (χ1) is 11.2. The maximum atomic E-state index is 12.2. The van der Waals surface area contributed by atoms with Crippen molar-refractivity contribution in [3.05, 3.63) is 34.7 Å². The summed E-state index contributed by atoms with van der Waals surface area (Å²) in [7, 11) is -3.74. The van der Waals surface area contributed by atoms with Crippen molar-refractivity contribution in [3.8, 4) is 0 Å². The van der Waals surface area contributed by atoms with E-state index in [1.165, 1.54) is 12.1 Å². The maximum Gasteiger partial charge on any atom is 0.408 e. The molecule has 0 aromatic heterocycles. The zero-order valence-electron chi connectivity index (χ0n) is 12.3. The molecule has 1 aromatic rings. The molecule has 24 heavy (non-hydrogen) atoms. The van der Waals surface area contributed by atoms with Crippen LogP contribution in [0.25, 0.3) is 6.08 Å². The number of primary amides is 1. The minimum atomic E-state index is -3.74. The third-order valence-electron chi connectivity index (χ3n) is 3.21. The number of benzene rings is 1. The predicted molar refractivity (Wildman–Crippen MR) is 81.3 cm³/mol. The minimum Gasteiger partial charge on any atom is -0.480 e. The number of rotatable bonds is 6. The molecule has 0 saturated carbocycles. The van der Waals surface area contributed by atoms with Gasteiger partial charge in [0, 0.05) is 0 Å². The van der Waals surface area contributed by atoms with Crippen molar-refractivity contribution in [1.29, 1.82) is 0 Å². The monoisotopic (exact) mass is 354 g/mol. The molecule has 0 aliphatic carbocycles. The molecule has 0 unspecified atom stereocenters. The van der Waals surface area contributed by atoms with Crippen LogP contribution in [0.5, 0.6) is 0 Å². The normalized spacial score (nSPS) is 15.8.